The van der Waals surface area contributed by atoms with Crippen molar-refractivity contribution >= 4 is 34.3 Å². The number of carboxylic acids is 1. The van der Waals surface area contributed by atoms with Crippen molar-refractivity contribution in [1.29, 1.82) is 0 Å². The molecule has 0 aliphatic heterocycles. The highest BCUT2D eigenvalue weighted by atomic mass is 19.2. The molecule has 3 rings (SSSR count). The molecule has 3 N–H and O–H groups in total. The number of nitrogens with one attached hydrogen (secondary N) is 2. The molecule has 2 atom stereocenters. The van der Waals surface area contributed by atoms with Gasteiger partial charge in [-0.2, -0.15) is 8.78 Å². The van der Waals surface area contributed by atoms with Crippen LogP contribution in [0.2, 0.25) is 0 Å². The van der Waals surface area contributed by atoms with Gasteiger partial charge in [0.2, 0.25) is 17.5 Å². The van der Waals surface area contributed by atoms with Crippen molar-refractivity contribution in [3.05, 3.63) is 71.8 Å². The Labute approximate surface area is 231 Å². The van der Waals surface area contributed by atoms with Crippen LogP contribution in [0.25, 0.3) is 10.8 Å². The van der Waals surface area contributed by atoms with Crippen molar-refractivity contribution in [3.8, 4) is 11.5 Å². The highest BCUT2D eigenvalue weighted by Gasteiger charge is 2.31. The summed E-state index contributed by atoms with van der Waals surface area (Å²) in [6.07, 6.45) is -0.959. The van der Waals surface area contributed by atoms with Crippen LogP contribution in [0.1, 0.15) is 20.3 Å². The summed E-state index contributed by atoms with van der Waals surface area (Å²) in [7, 11) is 0. The summed E-state index contributed by atoms with van der Waals surface area (Å²) < 4.78 is 64.7. The van der Waals surface area contributed by atoms with Gasteiger partial charge in [0.15, 0.2) is 29.8 Å². The molecular weight excluding hydrogens is 552 g/mol. The number of Topliss-reactive ketones (excluding diaryl/α,β-unsaturated/α-hetero) is 1. The van der Waals surface area contributed by atoms with Gasteiger partial charge in [0, 0.05) is 11.5 Å². The van der Waals surface area contributed by atoms with Crippen molar-refractivity contribution in [3.63, 3.8) is 0 Å². The Bertz CT molecular complexity index is 1430. The lowest BCUT2D eigenvalue weighted by Gasteiger charge is -2.24. The van der Waals surface area contributed by atoms with Crippen LogP contribution in [0.3, 0.4) is 0 Å². The quantitative estimate of drug-likeness (QED) is 0.209. The lowest BCUT2D eigenvalue weighted by molar-refractivity contribution is -0.141. The molecule has 0 spiro atoms. The molecule has 0 aromatic heterocycles. The minimum absolute atomic E-state index is 0.0553. The molecule has 0 saturated heterocycles. The Morgan fingerprint density at radius 2 is 1.49 bits per heavy atom. The minimum atomic E-state index is -1.90. The second-order valence-corrected chi connectivity index (χ2v) is 9.27. The summed E-state index contributed by atoms with van der Waals surface area (Å²) in [5.41, 5.74) is 0. The number of benzene rings is 3. The van der Waals surface area contributed by atoms with E-state index in [2.05, 4.69) is 15.4 Å². The topological polar surface area (TPSA) is 131 Å². The molecule has 0 aliphatic carbocycles. The predicted molar refractivity (Wildman–Crippen MR) is 137 cm³/mol. The molecule has 0 heterocycles. The molecule has 0 saturated carbocycles. The third kappa shape index (κ3) is 7.93. The third-order valence-corrected chi connectivity index (χ3v) is 5.89. The van der Waals surface area contributed by atoms with Gasteiger partial charge < -0.3 is 25.2 Å². The molecule has 1 unspecified atom stereocenters. The summed E-state index contributed by atoms with van der Waals surface area (Å²) in [6.45, 7) is 1.47. The number of fused-ring (bicyclic) bond motifs is 1. The number of hydrogen-bond donors (Lipinski definition) is 3. The fraction of sp³-hybridized carbons (Fsp3) is 0.286. The van der Waals surface area contributed by atoms with Crippen LogP contribution in [0.15, 0.2) is 48.5 Å². The molecular formula is C28H26F4N2O7. The normalized spacial score (nSPS) is 12.5. The maximum Gasteiger partial charge on any atom is 0.305 e. The van der Waals surface area contributed by atoms with Crippen LogP contribution in [0.5, 0.6) is 11.5 Å². The zero-order chi connectivity index (χ0) is 30.3. The van der Waals surface area contributed by atoms with Crippen molar-refractivity contribution in [2.24, 2.45) is 5.92 Å². The average Bonchev–Trinajstić information content (AvgIpc) is 2.92. The van der Waals surface area contributed by atoms with Gasteiger partial charge in [-0.1, -0.05) is 50.2 Å². The number of amides is 2. The molecule has 9 nitrogen and oxygen atoms in total. The lowest BCUT2D eigenvalue weighted by atomic mass is 10.0. The fourth-order valence-corrected chi connectivity index (χ4v) is 3.82. The maximum atomic E-state index is 13.8. The molecule has 0 radical (unpaired) electrons. The first-order chi connectivity index (χ1) is 19.4. The Kier molecular flexibility index (Phi) is 10.2. The van der Waals surface area contributed by atoms with Crippen molar-refractivity contribution in [2.45, 2.75) is 32.4 Å². The van der Waals surface area contributed by atoms with E-state index in [0.717, 1.165) is 10.8 Å². The molecule has 2 amide bonds. The molecule has 41 heavy (non-hydrogen) atoms. The van der Waals surface area contributed by atoms with Gasteiger partial charge in [-0.15, -0.1) is 0 Å². The van der Waals surface area contributed by atoms with E-state index in [4.69, 9.17) is 4.74 Å². The highest BCUT2D eigenvalue weighted by Crippen LogP contribution is 2.27. The fourth-order valence-electron chi connectivity index (χ4n) is 3.82. The van der Waals surface area contributed by atoms with Gasteiger partial charge in [0.25, 0.3) is 5.91 Å². The smallest absolute Gasteiger partial charge is 0.305 e. The van der Waals surface area contributed by atoms with Gasteiger partial charge >= 0.3 is 5.97 Å². The minimum Gasteiger partial charge on any atom is -0.483 e. The summed E-state index contributed by atoms with van der Waals surface area (Å²) in [4.78, 5) is 49.5. The van der Waals surface area contributed by atoms with Gasteiger partial charge in [-0.05, 0) is 17.4 Å². The number of ketones is 1. The van der Waals surface area contributed by atoms with E-state index in [1.54, 1.807) is 32.0 Å². The van der Waals surface area contributed by atoms with Crippen LogP contribution >= 0.6 is 0 Å². The Hall–Kier alpha value is -4.68. The Morgan fingerprint density at radius 1 is 0.854 bits per heavy atom. The van der Waals surface area contributed by atoms with Crippen LogP contribution in [-0.4, -0.2) is 54.0 Å². The van der Waals surface area contributed by atoms with E-state index in [0.29, 0.717) is 5.75 Å². The van der Waals surface area contributed by atoms with E-state index in [-0.39, 0.29) is 6.07 Å². The number of carbonyl (C=O) groups is 4. The van der Waals surface area contributed by atoms with Gasteiger partial charge in [0.1, 0.15) is 24.4 Å². The average molecular weight is 579 g/mol. The van der Waals surface area contributed by atoms with Crippen molar-refractivity contribution in [1.82, 2.24) is 10.6 Å². The monoisotopic (exact) mass is 578 g/mol. The highest BCUT2D eigenvalue weighted by molar-refractivity contribution is 5.95. The van der Waals surface area contributed by atoms with Gasteiger partial charge in [0.05, 0.1) is 6.42 Å². The first-order valence-corrected chi connectivity index (χ1v) is 12.3. The van der Waals surface area contributed by atoms with Gasteiger partial charge in [-0.25, -0.2) is 8.78 Å². The van der Waals surface area contributed by atoms with Gasteiger partial charge in [-0.3, -0.25) is 19.2 Å². The first kappa shape index (κ1) is 30.9. The molecule has 0 bridgehead atoms. The standard InChI is InChI=1S/C28H26F4N2O7/c1-14(2)26(34-22(36)13-40-21-9-5-7-15-6-3-4-8-16(15)21)28(39)33-19(11-23(37)38)20(35)12-41-27-24(31)17(29)10-18(30)25(27)32/h3-10,14,19,26H,11-13H2,1-2H3,(H,33,39)(H,34,36)(H,37,38)/t19?,26-/m0/s1. The van der Waals surface area contributed by atoms with Crippen LogP contribution in [0, 0.1) is 29.2 Å². The Balaban J connectivity index is 1.66. The molecule has 13 heteroatoms. The van der Waals surface area contributed by atoms with E-state index in [1.165, 1.54) is 0 Å². The largest absolute Gasteiger partial charge is 0.483 e. The van der Waals surface area contributed by atoms with E-state index in [1.807, 2.05) is 24.3 Å². The first-order valence-electron chi connectivity index (χ1n) is 12.3. The predicted octanol–water partition coefficient (Wildman–Crippen LogP) is 3.52. The number of aliphatic carboxylic acids is 1. The lowest BCUT2D eigenvalue weighted by Crippen LogP contribution is -2.55. The van der Waals surface area contributed by atoms with Crippen molar-refractivity contribution in [2.75, 3.05) is 13.2 Å². The number of halogens is 4. The number of carbonyl (C=O) groups excluding carboxylic acids is 3. The van der Waals surface area contributed by atoms with Crippen LogP contribution < -0.4 is 20.1 Å². The second kappa shape index (κ2) is 13.6. The Morgan fingerprint density at radius 3 is 2.12 bits per heavy atom. The number of rotatable bonds is 13. The molecule has 0 aliphatic rings. The van der Waals surface area contributed by atoms with E-state index < -0.39 is 90.2 Å². The summed E-state index contributed by atoms with van der Waals surface area (Å²) in [5, 5.41) is 15.5. The SMILES string of the molecule is CC(C)[C@H](NC(=O)COc1cccc2ccccc12)C(=O)NC(CC(=O)O)C(=O)COc1c(F)c(F)cc(F)c1F. The third-order valence-electron chi connectivity index (χ3n) is 5.89. The number of ether oxygens (including phenoxy) is 2. The molecule has 0 fully saturated rings. The van der Waals surface area contributed by atoms with Crippen LogP contribution in [0.4, 0.5) is 17.6 Å². The van der Waals surface area contributed by atoms with Crippen LogP contribution in [-0.2, 0) is 19.2 Å². The molecule has 3 aromatic carbocycles. The van der Waals surface area contributed by atoms with E-state index in [9.17, 15) is 41.8 Å². The zero-order valence-electron chi connectivity index (χ0n) is 21.9. The van der Waals surface area contributed by atoms with E-state index >= 15 is 0 Å². The maximum absolute atomic E-state index is 13.8. The molecule has 218 valence electrons. The summed E-state index contributed by atoms with van der Waals surface area (Å²) in [5.74, 6) is -13.3. The zero-order valence-corrected chi connectivity index (χ0v) is 21.9. The summed E-state index contributed by atoms with van der Waals surface area (Å²) >= 11 is 0. The summed E-state index contributed by atoms with van der Waals surface area (Å²) in [6, 6.07) is 9.54. The number of carboxylic acid groups (broad SMARTS) is 1. The van der Waals surface area contributed by atoms with Crippen molar-refractivity contribution < 1.29 is 51.3 Å². The molecule has 3 aromatic rings. The second-order valence-electron chi connectivity index (χ2n) is 9.27. The number of hydrogen-bond acceptors (Lipinski definition) is 6.